The SMILES string of the molecule is O=C(CN1CCCC(COc2ccccc2)C1)c1ccc(Cl)cc1. The van der Waals surface area contributed by atoms with Gasteiger partial charge < -0.3 is 4.74 Å². The van der Waals surface area contributed by atoms with Crippen molar-refractivity contribution in [2.45, 2.75) is 12.8 Å². The molecule has 0 radical (unpaired) electrons. The van der Waals surface area contributed by atoms with Gasteiger partial charge in [-0.25, -0.2) is 0 Å². The summed E-state index contributed by atoms with van der Waals surface area (Å²) >= 11 is 5.88. The summed E-state index contributed by atoms with van der Waals surface area (Å²) in [7, 11) is 0. The second-order valence-electron chi connectivity index (χ2n) is 6.30. The third kappa shape index (κ3) is 4.83. The first kappa shape index (κ1) is 17.0. The number of rotatable bonds is 6. The zero-order chi connectivity index (χ0) is 16.8. The molecular weight excluding hydrogens is 322 g/mol. The normalized spacial score (nSPS) is 18.3. The number of halogens is 1. The highest BCUT2D eigenvalue weighted by molar-refractivity contribution is 6.30. The van der Waals surface area contributed by atoms with Crippen molar-refractivity contribution in [3.05, 3.63) is 65.2 Å². The number of likely N-dealkylation sites (tertiary alicyclic amines) is 1. The van der Waals surface area contributed by atoms with Gasteiger partial charge in [0.05, 0.1) is 13.2 Å². The maximum Gasteiger partial charge on any atom is 0.176 e. The van der Waals surface area contributed by atoms with E-state index in [1.807, 2.05) is 30.3 Å². The standard InChI is InChI=1S/C20H22ClNO2/c21-18-10-8-17(9-11-18)20(23)14-22-12-4-5-16(13-22)15-24-19-6-2-1-3-7-19/h1-3,6-11,16H,4-5,12-15H2. The Morgan fingerprint density at radius 3 is 2.62 bits per heavy atom. The number of piperidine rings is 1. The van der Waals surface area contributed by atoms with Crippen LogP contribution in [-0.4, -0.2) is 36.9 Å². The summed E-state index contributed by atoms with van der Waals surface area (Å²) in [5.74, 6) is 1.53. The van der Waals surface area contributed by atoms with E-state index in [1.165, 1.54) is 0 Å². The van der Waals surface area contributed by atoms with E-state index in [0.717, 1.165) is 37.2 Å². The summed E-state index contributed by atoms with van der Waals surface area (Å²) in [6.45, 7) is 3.05. The van der Waals surface area contributed by atoms with E-state index < -0.39 is 0 Å². The van der Waals surface area contributed by atoms with Gasteiger partial charge in [0.25, 0.3) is 0 Å². The van der Waals surface area contributed by atoms with Crippen LogP contribution in [0.3, 0.4) is 0 Å². The molecule has 0 aliphatic carbocycles. The maximum absolute atomic E-state index is 12.4. The first-order chi connectivity index (χ1) is 11.7. The van der Waals surface area contributed by atoms with Gasteiger partial charge in [0.2, 0.25) is 0 Å². The Labute approximate surface area is 148 Å². The molecule has 1 saturated heterocycles. The second-order valence-corrected chi connectivity index (χ2v) is 6.73. The van der Waals surface area contributed by atoms with E-state index in [2.05, 4.69) is 4.90 Å². The van der Waals surface area contributed by atoms with Gasteiger partial charge in [-0.3, -0.25) is 9.69 Å². The van der Waals surface area contributed by atoms with Crippen molar-refractivity contribution < 1.29 is 9.53 Å². The number of ether oxygens (including phenoxy) is 1. The van der Waals surface area contributed by atoms with E-state index in [4.69, 9.17) is 16.3 Å². The summed E-state index contributed by atoms with van der Waals surface area (Å²) in [6, 6.07) is 17.0. The molecular formula is C20H22ClNO2. The number of para-hydroxylation sites is 1. The zero-order valence-corrected chi connectivity index (χ0v) is 14.4. The van der Waals surface area contributed by atoms with Gasteiger partial charge in [0.15, 0.2) is 5.78 Å². The molecule has 2 aromatic carbocycles. The molecule has 0 bridgehead atoms. The van der Waals surface area contributed by atoms with Crippen LogP contribution in [0.1, 0.15) is 23.2 Å². The fourth-order valence-corrected chi connectivity index (χ4v) is 3.22. The third-order valence-electron chi connectivity index (χ3n) is 4.37. The molecule has 3 nitrogen and oxygen atoms in total. The summed E-state index contributed by atoms with van der Waals surface area (Å²) in [5, 5.41) is 0.655. The molecule has 1 atom stereocenters. The lowest BCUT2D eigenvalue weighted by molar-refractivity contribution is 0.0849. The highest BCUT2D eigenvalue weighted by atomic mass is 35.5. The van der Waals surface area contributed by atoms with Gasteiger partial charge in [-0.1, -0.05) is 29.8 Å². The molecule has 0 aromatic heterocycles. The minimum atomic E-state index is 0.149. The van der Waals surface area contributed by atoms with Crippen LogP contribution < -0.4 is 4.74 Å². The molecule has 2 aromatic rings. The monoisotopic (exact) mass is 343 g/mol. The number of hydrogen-bond donors (Lipinski definition) is 0. The van der Waals surface area contributed by atoms with Crippen LogP contribution in [0.2, 0.25) is 5.02 Å². The maximum atomic E-state index is 12.4. The molecule has 0 amide bonds. The molecule has 1 aliphatic rings. The van der Waals surface area contributed by atoms with E-state index in [1.54, 1.807) is 24.3 Å². The number of Topliss-reactive ketones (excluding diaryl/α,β-unsaturated/α-hetero) is 1. The molecule has 0 spiro atoms. The number of carbonyl (C=O) groups is 1. The minimum absolute atomic E-state index is 0.149. The molecule has 126 valence electrons. The van der Waals surface area contributed by atoms with Gasteiger partial charge in [-0.2, -0.15) is 0 Å². The Kier molecular flexibility index (Phi) is 5.89. The van der Waals surface area contributed by atoms with Crippen molar-refractivity contribution in [3.8, 4) is 5.75 Å². The number of hydrogen-bond acceptors (Lipinski definition) is 3. The predicted molar refractivity (Wildman–Crippen MR) is 96.9 cm³/mol. The van der Waals surface area contributed by atoms with Crippen molar-refractivity contribution in [3.63, 3.8) is 0 Å². The third-order valence-corrected chi connectivity index (χ3v) is 4.62. The zero-order valence-electron chi connectivity index (χ0n) is 13.7. The molecule has 24 heavy (non-hydrogen) atoms. The fourth-order valence-electron chi connectivity index (χ4n) is 3.09. The highest BCUT2D eigenvalue weighted by Crippen LogP contribution is 2.19. The molecule has 1 fully saturated rings. The van der Waals surface area contributed by atoms with Crippen LogP contribution in [0.15, 0.2) is 54.6 Å². The molecule has 0 N–H and O–H groups in total. The van der Waals surface area contributed by atoms with E-state index >= 15 is 0 Å². The summed E-state index contributed by atoms with van der Waals surface area (Å²) in [4.78, 5) is 14.6. The van der Waals surface area contributed by atoms with Gasteiger partial charge in [-0.05, 0) is 55.8 Å². The molecule has 0 saturated carbocycles. The number of nitrogens with zero attached hydrogens (tertiary/aromatic N) is 1. The van der Waals surface area contributed by atoms with Gasteiger partial charge in [-0.15, -0.1) is 0 Å². The lowest BCUT2D eigenvalue weighted by atomic mass is 9.98. The van der Waals surface area contributed by atoms with E-state index in [-0.39, 0.29) is 5.78 Å². The van der Waals surface area contributed by atoms with Gasteiger partial charge in [0, 0.05) is 23.0 Å². The van der Waals surface area contributed by atoms with E-state index in [0.29, 0.717) is 24.1 Å². The van der Waals surface area contributed by atoms with Crippen LogP contribution in [-0.2, 0) is 0 Å². The largest absolute Gasteiger partial charge is 0.493 e. The van der Waals surface area contributed by atoms with Crippen molar-refractivity contribution in [2.75, 3.05) is 26.2 Å². The Balaban J connectivity index is 1.50. The number of carbonyl (C=O) groups excluding carboxylic acids is 1. The molecule has 1 aliphatic heterocycles. The second kappa shape index (κ2) is 8.32. The molecule has 4 heteroatoms. The van der Waals surface area contributed by atoms with Crippen molar-refractivity contribution in [1.29, 1.82) is 0 Å². The average molecular weight is 344 g/mol. The number of ketones is 1. The first-order valence-corrected chi connectivity index (χ1v) is 8.77. The Hall–Kier alpha value is -1.84. The summed E-state index contributed by atoms with van der Waals surface area (Å²) in [5.41, 5.74) is 0.724. The van der Waals surface area contributed by atoms with Crippen molar-refractivity contribution >= 4 is 17.4 Å². The van der Waals surface area contributed by atoms with Crippen LogP contribution in [0.5, 0.6) is 5.75 Å². The van der Waals surface area contributed by atoms with Gasteiger partial charge >= 0.3 is 0 Å². The number of benzene rings is 2. The molecule has 3 rings (SSSR count). The first-order valence-electron chi connectivity index (χ1n) is 8.39. The van der Waals surface area contributed by atoms with Crippen LogP contribution in [0.25, 0.3) is 0 Å². The Morgan fingerprint density at radius 1 is 1.12 bits per heavy atom. The molecule has 1 unspecified atom stereocenters. The van der Waals surface area contributed by atoms with Crippen molar-refractivity contribution in [2.24, 2.45) is 5.92 Å². The Bertz CT molecular complexity index is 657. The lowest BCUT2D eigenvalue weighted by Gasteiger charge is -2.32. The van der Waals surface area contributed by atoms with Crippen molar-refractivity contribution in [1.82, 2.24) is 4.90 Å². The van der Waals surface area contributed by atoms with Crippen LogP contribution in [0.4, 0.5) is 0 Å². The Morgan fingerprint density at radius 2 is 1.88 bits per heavy atom. The van der Waals surface area contributed by atoms with Crippen LogP contribution >= 0.6 is 11.6 Å². The van der Waals surface area contributed by atoms with Gasteiger partial charge in [0.1, 0.15) is 5.75 Å². The molecule has 1 heterocycles. The summed E-state index contributed by atoms with van der Waals surface area (Å²) < 4.78 is 5.87. The fraction of sp³-hybridized carbons (Fsp3) is 0.350. The quantitative estimate of drug-likeness (QED) is 0.732. The highest BCUT2D eigenvalue weighted by Gasteiger charge is 2.22. The smallest absolute Gasteiger partial charge is 0.176 e. The van der Waals surface area contributed by atoms with Crippen LogP contribution in [0, 0.1) is 5.92 Å². The predicted octanol–water partition coefficient (Wildman–Crippen LogP) is 4.31. The minimum Gasteiger partial charge on any atom is -0.493 e. The summed E-state index contributed by atoms with van der Waals surface area (Å²) in [6.07, 6.45) is 2.26. The lowest BCUT2D eigenvalue weighted by Crippen LogP contribution is -2.40. The average Bonchev–Trinajstić information content (AvgIpc) is 2.62. The van der Waals surface area contributed by atoms with E-state index in [9.17, 15) is 4.79 Å². The topological polar surface area (TPSA) is 29.5 Å².